The van der Waals surface area contributed by atoms with Crippen molar-refractivity contribution in [3.63, 3.8) is 0 Å². The molecule has 2 atom stereocenters. The van der Waals surface area contributed by atoms with Gasteiger partial charge in [0.15, 0.2) is 9.84 Å². The van der Waals surface area contributed by atoms with Crippen molar-refractivity contribution in [3.8, 4) is 0 Å². The molecule has 1 aliphatic carbocycles. The van der Waals surface area contributed by atoms with Gasteiger partial charge in [0, 0.05) is 6.54 Å². The quantitative estimate of drug-likeness (QED) is 0.930. The molecule has 0 aliphatic heterocycles. The third kappa shape index (κ3) is 3.58. The first-order valence-electron chi connectivity index (χ1n) is 7.11. The van der Waals surface area contributed by atoms with Gasteiger partial charge >= 0.3 is 0 Å². The lowest BCUT2D eigenvalue weighted by Gasteiger charge is -2.26. The van der Waals surface area contributed by atoms with Gasteiger partial charge in [0.1, 0.15) is 5.82 Å². The molecule has 2 N–H and O–H groups in total. The van der Waals surface area contributed by atoms with Crippen molar-refractivity contribution in [2.45, 2.75) is 50.2 Å². The molecule has 2 rings (SSSR count). The van der Waals surface area contributed by atoms with Gasteiger partial charge in [-0.05, 0) is 42.0 Å². The van der Waals surface area contributed by atoms with Crippen molar-refractivity contribution in [1.29, 1.82) is 0 Å². The van der Waals surface area contributed by atoms with E-state index in [1.165, 1.54) is 12.1 Å². The molecule has 1 fully saturated rings. The van der Waals surface area contributed by atoms with Crippen LogP contribution < -0.4 is 5.73 Å². The zero-order valence-corrected chi connectivity index (χ0v) is 12.6. The maximum Gasteiger partial charge on any atom is 0.157 e. The molecule has 0 bridgehead atoms. The minimum atomic E-state index is -3.24. The zero-order valence-electron chi connectivity index (χ0n) is 11.8. The second-order valence-corrected chi connectivity index (χ2v) is 8.10. The second kappa shape index (κ2) is 6.22. The van der Waals surface area contributed by atoms with Crippen molar-refractivity contribution in [2.24, 2.45) is 11.7 Å². The van der Waals surface area contributed by atoms with Crippen LogP contribution in [-0.4, -0.2) is 13.7 Å². The predicted molar refractivity (Wildman–Crippen MR) is 78.3 cm³/mol. The fraction of sp³-hybridized carbons (Fsp3) is 0.600. The van der Waals surface area contributed by atoms with Crippen LogP contribution in [0.4, 0.5) is 4.39 Å². The number of hydrogen-bond acceptors (Lipinski definition) is 3. The molecule has 0 saturated heterocycles. The highest BCUT2D eigenvalue weighted by Crippen LogP contribution is 2.30. The Labute approximate surface area is 120 Å². The van der Waals surface area contributed by atoms with Gasteiger partial charge in [-0.3, -0.25) is 0 Å². The van der Waals surface area contributed by atoms with Crippen LogP contribution in [0.1, 0.15) is 43.7 Å². The van der Waals surface area contributed by atoms with Gasteiger partial charge in [-0.1, -0.05) is 25.8 Å². The molecule has 0 radical (unpaired) electrons. The third-order valence-corrected chi connectivity index (χ3v) is 6.30. The Kier molecular flexibility index (Phi) is 4.81. The van der Waals surface area contributed by atoms with Crippen LogP contribution in [0.25, 0.3) is 0 Å². The van der Waals surface area contributed by atoms with Crippen LogP contribution >= 0.6 is 0 Å². The molecule has 0 heterocycles. The van der Waals surface area contributed by atoms with E-state index in [0.717, 1.165) is 25.7 Å². The van der Waals surface area contributed by atoms with Crippen molar-refractivity contribution >= 4 is 9.84 Å². The summed E-state index contributed by atoms with van der Waals surface area (Å²) in [6, 6.07) is 4.19. The number of hydrogen-bond donors (Lipinski definition) is 1. The van der Waals surface area contributed by atoms with Crippen molar-refractivity contribution in [1.82, 2.24) is 0 Å². The molecule has 5 heteroatoms. The highest BCUT2D eigenvalue weighted by Gasteiger charge is 2.30. The molecular weight excluding hydrogens is 277 g/mol. The minimum Gasteiger partial charge on any atom is -0.326 e. The van der Waals surface area contributed by atoms with E-state index >= 15 is 0 Å². The summed E-state index contributed by atoms with van der Waals surface area (Å²) in [5.74, 6) is -0.0660. The molecule has 0 spiro atoms. The Balaban J connectivity index is 2.21. The molecular formula is C15H22FNO2S. The molecule has 20 heavy (non-hydrogen) atoms. The van der Waals surface area contributed by atoms with Crippen LogP contribution in [0.15, 0.2) is 18.2 Å². The molecule has 1 aliphatic rings. The van der Waals surface area contributed by atoms with Crippen molar-refractivity contribution < 1.29 is 12.8 Å². The molecule has 3 nitrogen and oxygen atoms in total. The maximum absolute atomic E-state index is 13.3. The summed E-state index contributed by atoms with van der Waals surface area (Å²) >= 11 is 0. The highest BCUT2D eigenvalue weighted by atomic mass is 32.2. The fourth-order valence-corrected chi connectivity index (χ4v) is 5.05. The summed E-state index contributed by atoms with van der Waals surface area (Å²) in [4.78, 5) is 0. The molecule has 0 amide bonds. The summed E-state index contributed by atoms with van der Waals surface area (Å²) in [6.45, 7) is 2.32. The smallest absolute Gasteiger partial charge is 0.157 e. The van der Waals surface area contributed by atoms with Gasteiger partial charge in [0.2, 0.25) is 0 Å². The molecule has 2 unspecified atom stereocenters. The lowest BCUT2D eigenvalue weighted by Crippen LogP contribution is -2.28. The van der Waals surface area contributed by atoms with Crippen LogP contribution in [0.2, 0.25) is 0 Å². The Bertz CT molecular complexity index is 571. The zero-order chi connectivity index (χ0) is 14.8. The topological polar surface area (TPSA) is 60.2 Å². The molecule has 1 aromatic rings. The van der Waals surface area contributed by atoms with E-state index in [0.29, 0.717) is 17.0 Å². The average Bonchev–Trinajstić information content (AvgIpc) is 2.38. The first kappa shape index (κ1) is 15.4. The first-order valence-corrected chi connectivity index (χ1v) is 8.83. The Morgan fingerprint density at radius 2 is 2.05 bits per heavy atom. The van der Waals surface area contributed by atoms with E-state index in [-0.39, 0.29) is 17.5 Å². The highest BCUT2D eigenvalue weighted by molar-refractivity contribution is 7.91. The summed E-state index contributed by atoms with van der Waals surface area (Å²) in [5.41, 5.74) is 6.82. The van der Waals surface area contributed by atoms with Gasteiger partial charge in [-0.15, -0.1) is 0 Å². The Hall–Kier alpha value is -0.940. The largest absolute Gasteiger partial charge is 0.326 e. The van der Waals surface area contributed by atoms with E-state index in [2.05, 4.69) is 6.92 Å². The molecule has 1 saturated carbocycles. The molecule has 112 valence electrons. The van der Waals surface area contributed by atoms with E-state index in [4.69, 9.17) is 5.73 Å². The van der Waals surface area contributed by atoms with Gasteiger partial charge in [0.25, 0.3) is 0 Å². The Morgan fingerprint density at radius 1 is 1.30 bits per heavy atom. The van der Waals surface area contributed by atoms with E-state index in [1.807, 2.05) is 0 Å². The number of benzene rings is 1. The number of halogens is 1. The van der Waals surface area contributed by atoms with Gasteiger partial charge in [-0.2, -0.15) is 0 Å². The fourth-order valence-electron chi connectivity index (χ4n) is 2.97. The Morgan fingerprint density at radius 3 is 2.70 bits per heavy atom. The maximum atomic E-state index is 13.3. The van der Waals surface area contributed by atoms with Crippen molar-refractivity contribution in [3.05, 3.63) is 35.1 Å². The molecule has 1 aromatic carbocycles. The van der Waals surface area contributed by atoms with Crippen LogP contribution in [0.5, 0.6) is 0 Å². The van der Waals surface area contributed by atoms with Gasteiger partial charge < -0.3 is 5.73 Å². The first-order chi connectivity index (χ1) is 9.42. The summed E-state index contributed by atoms with van der Waals surface area (Å²) in [6.07, 6.45) is 3.49. The number of rotatable bonds is 4. The van der Waals surface area contributed by atoms with Crippen molar-refractivity contribution in [2.75, 3.05) is 0 Å². The summed E-state index contributed by atoms with van der Waals surface area (Å²) < 4.78 is 38.4. The monoisotopic (exact) mass is 299 g/mol. The van der Waals surface area contributed by atoms with Crippen LogP contribution in [-0.2, 0) is 22.1 Å². The van der Waals surface area contributed by atoms with Crippen LogP contribution in [0, 0.1) is 11.7 Å². The van der Waals surface area contributed by atoms with E-state index in [1.54, 1.807) is 6.07 Å². The number of nitrogens with two attached hydrogens (primary N) is 1. The SMILES string of the molecule is CC1CCCC(S(=O)(=O)Cc2cc(F)ccc2CN)C1. The second-order valence-electron chi connectivity index (χ2n) is 5.82. The summed E-state index contributed by atoms with van der Waals surface area (Å²) in [5, 5.41) is -0.292. The molecule has 0 aromatic heterocycles. The number of sulfone groups is 1. The normalized spacial score (nSPS) is 23.8. The predicted octanol–water partition coefficient (Wildman–Crippen LogP) is 2.78. The lowest BCUT2D eigenvalue weighted by molar-refractivity contribution is 0.381. The van der Waals surface area contributed by atoms with Crippen LogP contribution in [0.3, 0.4) is 0 Å². The lowest BCUT2D eigenvalue weighted by atomic mass is 9.91. The van der Waals surface area contributed by atoms with Gasteiger partial charge in [-0.25, -0.2) is 12.8 Å². The standard InChI is InChI=1S/C15H22FNO2S/c1-11-3-2-4-15(7-11)20(18,19)10-13-8-14(16)6-5-12(13)9-17/h5-6,8,11,15H,2-4,7,9-10,17H2,1H3. The summed E-state index contributed by atoms with van der Waals surface area (Å²) in [7, 11) is -3.24. The average molecular weight is 299 g/mol. The third-order valence-electron chi connectivity index (χ3n) is 4.14. The minimum absolute atomic E-state index is 0.103. The van der Waals surface area contributed by atoms with E-state index < -0.39 is 15.7 Å². The van der Waals surface area contributed by atoms with E-state index in [9.17, 15) is 12.8 Å². The van der Waals surface area contributed by atoms with Gasteiger partial charge in [0.05, 0.1) is 11.0 Å².